The maximum Gasteiger partial charge on any atom is 0.261 e. The van der Waals surface area contributed by atoms with E-state index >= 15 is 0 Å². The molecule has 0 fully saturated rings. The van der Waals surface area contributed by atoms with E-state index in [0.29, 0.717) is 45.9 Å². The van der Waals surface area contributed by atoms with E-state index in [-0.39, 0.29) is 20.6 Å². The Kier molecular flexibility index (Phi) is 7.00. The van der Waals surface area contributed by atoms with Crippen LogP contribution in [0.15, 0.2) is 24.3 Å². The van der Waals surface area contributed by atoms with Gasteiger partial charge in [-0.1, -0.05) is 21.3 Å². The molecule has 0 saturated carbocycles. The summed E-state index contributed by atoms with van der Waals surface area (Å²) < 4.78 is 10.4. The third kappa shape index (κ3) is 3.54. The van der Waals surface area contributed by atoms with Gasteiger partial charge in [0.25, 0.3) is 23.6 Å². The summed E-state index contributed by atoms with van der Waals surface area (Å²) in [5.74, 6) is -1.77. The molecule has 0 saturated heterocycles. The molecule has 0 bridgehead atoms. The van der Waals surface area contributed by atoms with Crippen LogP contribution in [0.1, 0.15) is 75.5 Å². The molecule has 2 aliphatic heterocycles. The number of carbonyl (C=O) groups excluding carboxylic acids is 4. The van der Waals surface area contributed by atoms with E-state index in [9.17, 15) is 19.2 Å². The van der Waals surface area contributed by atoms with Gasteiger partial charge in [-0.15, -0.1) is 0 Å². The van der Waals surface area contributed by atoms with E-state index in [4.69, 9.17) is 9.47 Å². The fraction of sp³-hybridized carbons (Fsp3) is 0.440. The van der Waals surface area contributed by atoms with Crippen molar-refractivity contribution in [3.8, 4) is 0 Å². The van der Waals surface area contributed by atoms with Gasteiger partial charge in [0.15, 0.2) is 0 Å². The monoisotopic (exact) mass is 454 g/mol. The van der Waals surface area contributed by atoms with Crippen LogP contribution in [0.5, 0.6) is 0 Å². The van der Waals surface area contributed by atoms with E-state index in [2.05, 4.69) is 0 Å². The van der Waals surface area contributed by atoms with Crippen LogP contribution < -0.4 is 0 Å². The molecule has 2 heterocycles. The van der Waals surface area contributed by atoms with Crippen molar-refractivity contribution in [1.82, 2.24) is 9.80 Å². The van der Waals surface area contributed by atoms with Gasteiger partial charge < -0.3 is 9.47 Å². The molecule has 33 heavy (non-hydrogen) atoms. The van der Waals surface area contributed by atoms with Crippen LogP contribution in [0.4, 0.5) is 0 Å². The van der Waals surface area contributed by atoms with E-state index in [1.807, 2.05) is 13.8 Å². The third-order valence-electron chi connectivity index (χ3n) is 6.35. The molecule has 0 aliphatic carbocycles. The van der Waals surface area contributed by atoms with Crippen molar-refractivity contribution in [2.24, 2.45) is 0 Å². The van der Waals surface area contributed by atoms with Crippen LogP contribution in [0, 0.1) is 0 Å². The molecule has 0 spiro atoms. The molecule has 2 aromatic rings. The largest absolute Gasteiger partial charge is 0.383 e. The van der Waals surface area contributed by atoms with E-state index < -0.39 is 35.7 Å². The molecular formula is C25H30N2O6. The Labute approximate surface area is 193 Å². The number of rotatable bonds is 8. The molecule has 0 N–H and O–H groups in total. The number of carbonyl (C=O) groups is 4. The molecule has 2 atom stereocenters. The van der Waals surface area contributed by atoms with Crippen molar-refractivity contribution in [1.29, 1.82) is 0 Å². The van der Waals surface area contributed by atoms with Gasteiger partial charge in [-0.3, -0.25) is 29.0 Å². The van der Waals surface area contributed by atoms with Crippen LogP contribution in [0.2, 0.25) is 0 Å². The minimum absolute atomic E-state index is 0. The van der Waals surface area contributed by atoms with Gasteiger partial charge in [-0.2, -0.15) is 0 Å². The SMILES string of the molecule is C.CCC(COC)N1C(=O)c2ccc3c4c(ccc(c24)C1=O)C(=O)N(C(CC)COC)C3=O. The molecule has 2 aromatic carbocycles. The number of amides is 4. The van der Waals surface area contributed by atoms with Crippen LogP contribution in [0.3, 0.4) is 0 Å². The highest BCUT2D eigenvalue weighted by atomic mass is 16.5. The van der Waals surface area contributed by atoms with Crippen LogP contribution in [0.25, 0.3) is 10.8 Å². The second-order valence-corrected chi connectivity index (χ2v) is 8.07. The predicted molar refractivity (Wildman–Crippen MR) is 124 cm³/mol. The van der Waals surface area contributed by atoms with E-state index in [1.54, 1.807) is 24.3 Å². The molecule has 4 rings (SSSR count). The van der Waals surface area contributed by atoms with Crippen molar-refractivity contribution in [3.05, 3.63) is 46.5 Å². The Balaban J connectivity index is 0.00000306. The first-order valence-corrected chi connectivity index (χ1v) is 10.7. The lowest BCUT2D eigenvalue weighted by atomic mass is 9.85. The third-order valence-corrected chi connectivity index (χ3v) is 6.35. The van der Waals surface area contributed by atoms with Gasteiger partial charge in [-0.25, -0.2) is 0 Å². The van der Waals surface area contributed by atoms with Crippen molar-refractivity contribution >= 4 is 34.4 Å². The smallest absolute Gasteiger partial charge is 0.261 e. The first-order valence-electron chi connectivity index (χ1n) is 10.7. The standard InChI is InChI=1S/C24H26N2O6.CH4/c1-5-13(11-31-3)25-21(27)15-7-9-17-20-18(10-8-16(19(15)20)22(25)28)24(30)26(23(17)29)14(6-2)12-32-4;/h7-10,13-14H,5-6,11-12H2,1-4H3;1H4. The summed E-state index contributed by atoms with van der Waals surface area (Å²) in [6.07, 6.45) is 1.09. The Morgan fingerprint density at radius 2 is 0.909 bits per heavy atom. The lowest BCUT2D eigenvalue weighted by Gasteiger charge is -2.36. The number of ether oxygens (including phenoxy) is 2. The zero-order valence-corrected chi connectivity index (χ0v) is 18.6. The Bertz CT molecular complexity index is 982. The fourth-order valence-electron chi connectivity index (χ4n) is 4.71. The normalized spacial score (nSPS) is 16.8. The minimum atomic E-state index is -0.441. The molecule has 8 nitrogen and oxygen atoms in total. The zero-order chi connectivity index (χ0) is 23.2. The Morgan fingerprint density at radius 1 is 0.636 bits per heavy atom. The number of methoxy groups -OCH3 is 2. The lowest BCUT2D eigenvalue weighted by molar-refractivity contribution is 0.0404. The van der Waals surface area contributed by atoms with Crippen molar-refractivity contribution in [2.75, 3.05) is 27.4 Å². The van der Waals surface area contributed by atoms with Gasteiger partial charge >= 0.3 is 0 Å². The lowest BCUT2D eigenvalue weighted by Crippen LogP contribution is -2.50. The predicted octanol–water partition coefficient (Wildman–Crippen LogP) is 3.52. The highest BCUT2D eigenvalue weighted by molar-refractivity contribution is 6.33. The van der Waals surface area contributed by atoms with Gasteiger partial charge in [0.1, 0.15) is 0 Å². The molecule has 0 aromatic heterocycles. The number of nitrogens with zero attached hydrogens (tertiary/aromatic N) is 2. The number of hydrogen-bond acceptors (Lipinski definition) is 6. The van der Waals surface area contributed by atoms with Crippen molar-refractivity contribution in [2.45, 2.75) is 46.2 Å². The number of imide groups is 2. The van der Waals surface area contributed by atoms with Gasteiger partial charge in [0.2, 0.25) is 0 Å². The summed E-state index contributed by atoms with van der Waals surface area (Å²) in [6.45, 7) is 4.23. The minimum Gasteiger partial charge on any atom is -0.383 e. The molecule has 4 amide bonds. The number of hydrogen-bond donors (Lipinski definition) is 0. The summed E-state index contributed by atoms with van der Waals surface area (Å²) in [4.78, 5) is 55.8. The highest BCUT2D eigenvalue weighted by Crippen LogP contribution is 2.39. The summed E-state index contributed by atoms with van der Waals surface area (Å²) in [5, 5.41) is 0.749. The fourth-order valence-corrected chi connectivity index (χ4v) is 4.71. The molecule has 2 unspecified atom stereocenters. The average Bonchev–Trinajstić information content (AvgIpc) is 2.79. The maximum absolute atomic E-state index is 13.3. The van der Waals surface area contributed by atoms with Gasteiger partial charge in [0, 0.05) is 47.2 Å². The zero-order valence-electron chi connectivity index (χ0n) is 18.6. The van der Waals surface area contributed by atoms with Crippen molar-refractivity contribution < 1.29 is 28.7 Å². The van der Waals surface area contributed by atoms with Crippen LogP contribution >= 0.6 is 0 Å². The highest BCUT2D eigenvalue weighted by Gasteiger charge is 2.42. The van der Waals surface area contributed by atoms with Gasteiger partial charge in [-0.05, 0) is 37.1 Å². The van der Waals surface area contributed by atoms with E-state index in [0.717, 1.165) is 0 Å². The topological polar surface area (TPSA) is 93.2 Å². The molecule has 0 radical (unpaired) electrons. The Hall–Kier alpha value is -3.10. The molecule has 8 heteroatoms. The average molecular weight is 455 g/mol. The summed E-state index contributed by atoms with van der Waals surface area (Å²) in [7, 11) is 3.05. The second kappa shape index (κ2) is 9.41. The quantitative estimate of drug-likeness (QED) is 0.567. The molecule has 176 valence electrons. The number of benzene rings is 2. The van der Waals surface area contributed by atoms with Crippen molar-refractivity contribution in [3.63, 3.8) is 0 Å². The summed E-state index contributed by atoms with van der Waals surface area (Å²) in [5.41, 5.74) is 1.25. The maximum atomic E-state index is 13.3. The first kappa shape index (κ1) is 24.5. The second-order valence-electron chi connectivity index (χ2n) is 8.07. The Morgan fingerprint density at radius 3 is 1.12 bits per heavy atom. The van der Waals surface area contributed by atoms with Crippen LogP contribution in [-0.2, 0) is 9.47 Å². The van der Waals surface area contributed by atoms with E-state index in [1.165, 1.54) is 24.0 Å². The summed E-state index contributed by atoms with van der Waals surface area (Å²) >= 11 is 0. The first-order chi connectivity index (χ1) is 15.4. The van der Waals surface area contributed by atoms with Crippen LogP contribution in [-0.4, -0.2) is 72.9 Å². The summed E-state index contributed by atoms with van der Waals surface area (Å²) in [6, 6.07) is 5.50. The molecular weight excluding hydrogens is 424 g/mol. The van der Waals surface area contributed by atoms with Gasteiger partial charge in [0.05, 0.1) is 25.3 Å². The molecule has 2 aliphatic rings.